The maximum Gasteiger partial charge on any atom is 0.410 e. The van der Waals surface area contributed by atoms with Crippen molar-refractivity contribution in [3.63, 3.8) is 0 Å². The highest BCUT2D eigenvalue weighted by atomic mass is 127. The van der Waals surface area contributed by atoms with Crippen molar-refractivity contribution in [3.05, 3.63) is 18.0 Å². The monoisotopic (exact) mass is 437 g/mol. The average Bonchev–Trinajstić information content (AvgIpc) is 2.96. The van der Waals surface area contributed by atoms with E-state index >= 15 is 0 Å². The molecule has 0 aliphatic carbocycles. The number of ether oxygens (including phenoxy) is 1. The molecule has 1 saturated heterocycles. The van der Waals surface area contributed by atoms with E-state index in [1.807, 2.05) is 25.7 Å². The molecule has 0 radical (unpaired) electrons. The molecule has 1 amide bonds. The molecule has 9 heteroatoms. The van der Waals surface area contributed by atoms with Crippen LogP contribution in [-0.4, -0.2) is 58.8 Å². The van der Waals surface area contributed by atoms with Crippen LogP contribution in [0.4, 0.5) is 4.79 Å². The summed E-state index contributed by atoms with van der Waals surface area (Å²) >= 11 is 0. The predicted molar refractivity (Wildman–Crippen MR) is 96.6 cm³/mol. The predicted octanol–water partition coefficient (Wildman–Crippen LogP) is 1.66. The van der Waals surface area contributed by atoms with Crippen molar-refractivity contribution in [1.29, 1.82) is 0 Å². The first-order valence-corrected chi connectivity index (χ1v) is 7.27. The number of nitrogens with zero attached hydrogens (tertiary/aromatic N) is 4. The van der Waals surface area contributed by atoms with Gasteiger partial charge in [0, 0.05) is 32.2 Å². The first-order valence-electron chi connectivity index (χ1n) is 7.27. The summed E-state index contributed by atoms with van der Waals surface area (Å²) in [6, 6.07) is 1.75. The van der Waals surface area contributed by atoms with Gasteiger partial charge in [0.1, 0.15) is 17.6 Å². The first kappa shape index (κ1) is 19.5. The van der Waals surface area contributed by atoms with Crippen molar-refractivity contribution < 1.29 is 14.1 Å². The largest absolute Gasteiger partial charge is 0.444 e. The van der Waals surface area contributed by atoms with Crippen LogP contribution in [0.3, 0.4) is 0 Å². The molecule has 0 atom stereocenters. The number of nitrogens with two attached hydrogens (primary N) is 1. The Labute approximate surface area is 153 Å². The Morgan fingerprint density at radius 3 is 2.48 bits per heavy atom. The van der Waals surface area contributed by atoms with Crippen LogP contribution in [0.2, 0.25) is 0 Å². The topological polar surface area (TPSA) is 97.2 Å². The zero-order valence-electron chi connectivity index (χ0n) is 13.7. The van der Waals surface area contributed by atoms with Crippen LogP contribution in [0.1, 0.15) is 26.5 Å². The van der Waals surface area contributed by atoms with Crippen molar-refractivity contribution in [2.45, 2.75) is 32.9 Å². The molecule has 1 aliphatic heterocycles. The molecule has 0 unspecified atom stereocenters. The number of carbonyl (C=O) groups excluding carboxylic acids is 1. The van der Waals surface area contributed by atoms with Gasteiger partial charge in [-0.2, -0.15) is 0 Å². The van der Waals surface area contributed by atoms with E-state index in [9.17, 15) is 4.79 Å². The molecule has 23 heavy (non-hydrogen) atoms. The van der Waals surface area contributed by atoms with Crippen molar-refractivity contribution in [2.24, 2.45) is 10.7 Å². The van der Waals surface area contributed by atoms with Crippen LogP contribution in [0.5, 0.6) is 0 Å². The van der Waals surface area contributed by atoms with Crippen LogP contribution in [-0.2, 0) is 11.3 Å². The van der Waals surface area contributed by atoms with Crippen LogP contribution in [0.15, 0.2) is 21.8 Å². The second-order valence-corrected chi connectivity index (χ2v) is 6.12. The standard InChI is InChI=1S/C14H23N5O3.HI/c1-14(2,3)22-13(20)19-7-5-18(6-8-19)12(15)16-10-11-4-9-21-17-11;/h4,9H,5-8,10H2,1-3H3,(H2,15,16);1H. The highest BCUT2D eigenvalue weighted by Gasteiger charge is 2.26. The second kappa shape index (κ2) is 8.37. The minimum absolute atomic E-state index is 0. The summed E-state index contributed by atoms with van der Waals surface area (Å²) in [6.07, 6.45) is 1.21. The van der Waals surface area contributed by atoms with E-state index < -0.39 is 5.60 Å². The summed E-state index contributed by atoms with van der Waals surface area (Å²) in [5, 5.41) is 3.78. The highest BCUT2D eigenvalue weighted by Crippen LogP contribution is 2.11. The average molecular weight is 437 g/mol. The molecule has 2 N–H and O–H groups in total. The second-order valence-electron chi connectivity index (χ2n) is 6.12. The van der Waals surface area contributed by atoms with E-state index in [2.05, 4.69) is 10.1 Å². The number of aliphatic imine (C=N–C) groups is 1. The van der Waals surface area contributed by atoms with Crippen LogP contribution in [0.25, 0.3) is 0 Å². The maximum absolute atomic E-state index is 12.0. The molecule has 0 bridgehead atoms. The smallest absolute Gasteiger partial charge is 0.410 e. The molecular weight excluding hydrogens is 413 g/mol. The number of amides is 1. The van der Waals surface area contributed by atoms with Crippen molar-refractivity contribution in [2.75, 3.05) is 26.2 Å². The fraction of sp³-hybridized carbons (Fsp3) is 0.643. The van der Waals surface area contributed by atoms with Crippen molar-refractivity contribution in [1.82, 2.24) is 15.0 Å². The van der Waals surface area contributed by atoms with Gasteiger partial charge in [0.2, 0.25) is 0 Å². The Bertz CT molecular complexity index is 519. The number of halogens is 1. The van der Waals surface area contributed by atoms with Gasteiger partial charge in [0.15, 0.2) is 5.96 Å². The zero-order valence-corrected chi connectivity index (χ0v) is 16.0. The number of guanidine groups is 1. The van der Waals surface area contributed by atoms with Gasteiger partial charge in [-0.25, -0.2) is 9.79 Å². The molecule has 0 saturated carbocycles. The number of rotatable bonds is 2. The number of piperazine rings is 1. The number of aromatic nitrogens is 1. The van der Waals surface area contributed by atoms with Gasteiger partial charge in [-0.05, 0) is 20.8 Å². The number of hydrogen-bond acceptors (Lipinski definition) is 5. The number of carbonyl (C=O) groups is 1. The summed E-state index contributed by atoms with van der Waals surface area (Å²) in [7, 11) is 0. The third kappa shape index (κ3) is 6.24. The summed E-state index contributed by atoms with van der Waals surface area (Å²) in [6.45, 7) is 8.35. The van der Waals surface area contributed by atoms with E-state index in [1.165, 1.54) is 6.26 Å². The first-order chi connectivity index (χ1) is 10.3. The SMILES string of the molecule is CC(C)(C)OC(=O)N1CCN(C(N)=NCc2ccon2)CC1.I. The molecular formula is C14H24IN5O3. The summed E-state index contributed by atoms with van der Waals surface area (Å²) < 4.78 is 10.1. The Hall–Kier alpha value is -1.52. The lowest BCUT2D eigenvalue weighted by atomic mass is 10.2. The molecule has 130 valence electrons. The maximum atomic E-state index is 12.0. The lowest BCUT2D eigenvalue weighted by molar-refractivity contribution is 0.0186. The Morgan fingerprint density at radius 2 is 1.96 bits per heavy atom. The normalized spacial score (nSPS) is 16.0. The summed E-state index contributed by atoms with van der Waals surface area (Å²) in [5.41, 5.74) is 6.22. The highest BCUT2D eigenvalue weighted by molar-refractivity contribution is 14.0. The summed E-state index contributed by atoms with van der Waals surface area (Å²) in [4.78, 5) is 19.9. The lowest BCUT2D eigenvalue weighted by Gasteiger charge is -2.36. The molecule has 1 fully saturated rings. The zero-order chi connectivity index (χ0) is 16.2. The van der Waals surface area contributed by atoms with Crippen molar-refractivity contribution in [3.8, 4) is 0 Å². The van der Waals surface area contributed by atoms with E-state index in [-0.39, 0.29) is 30.1 Å². The van der Waals surface area contributed by atoms with Gasteiger partial charge in [0.25, 0.3) is 0 Å². The van der Waals surface area contributed by atoms with Gasteiger partial charge >= 0.3 is 6.09 Å². The molecule has 1 aromatic heterocycles. The van der Waals surface area contributed by atoms with E-state index in [0.717, 1.165) is 5.69 Å². The minimum Gasteiger partial charge on any atom is -0.444 e. The lowest BCUT2D eigenvalue weighted by Crippen LogP contribution is -2.53. The Balaban J connectivity index is 0.00000264. The molecule has 1 aliphatic rings. The molecule has 1 aromatic rings. The Morgan fingerprint density at radius 1 is 1.35 bits per heavy atom. The number of hydrogen-bond donors (Lipinski definition) is 1. The van der Waals surface area contributed by atoms with Gasteiger partial charge in [-0.1, -0.05) is 5.16 Å². The van der Waals surface area contributed by atoms with Gasteiger partial charge in [-0.3, -0.25) is 0 Å². The third-order valence-electron chi connectivity index (χ3n) is 3.15. The third-order valence-corrected chi connectivity index (χ3v) is 3.15. The fourth-order valence-electron chi connectivity index (χ4n) is 2.03. The summed E-state index contributed by atoms with van der Waals surface area (Å²) in [5.74, 6) is 0.451. The molecule has 8 nitrogen and oxygen atoms in total. The van der Waals surface area contributed by atoms with E-state index in [4.69, 9.17) is 15.0 Å². The van der Waals surface area contributed by atoms with Gasteiger partial charge < -0.3 is 24.8 Å². The quantitative estimate of drug-likeness (QED) is 0.430. The van der Waals surface area contributed by atoms with Crippen LogP contribution >= 0.6 is 24.0 Å². The Kier molecular flexibility index (Phi) is 7.10. The minimum atomic E-state index is -0.480. The molecule has 0 aromatic carbocycles. The molecule has 2 rings (SSSR count). The van der Waals surface area contributed by atoms with E-state index in [0.29, 0.717) is 38.7 Å². The fourth-order valence-corrected chi connectivity index (χ4v) is 2.03. The van der Waals surface area contributed by atoms with Gasteiger partial charge in [0.05, 0.1) is 6.54 Å². The van der Waals surface area contributed by atoms with Crippen molar-refractivity contribution >= 4 is 36.0 Å². The van der Waals surface area contributed by atoms with Crippen LogP contribution in [0, 0.1) is 0 Å². The molecule has 2 heterocycles. The van der Waals surface area contributed by atoms with Gasteiger partial charge in [-0.15, -0.1) is 24.0 Å². The molecule has 0 spiro atoms. The van der Waals surface area contributed by atoms with Crippen LogP contribution < -0.4 is 5.73 Å². The van der Waals surface area contributed by atoms with E-state index in [1.54, 1.807) is 11.0 Å².